The Morgan fingerprint density at radius 1 is 0.465 bits per heavy atom. The first-order chi connectivity index (χ1) is 21.3. The van der Waals surface area contributed by atoms with Crippen LogP contribution in [0, 0.1) is 0 Å². The van der Waals surface area contributed by atoms with Crippen LogP contribution in [0.15, 0.2) is 144 Å². The Labute approximate surface area is 250 Å². The van der Waals surface area contributed by atoms with Crippen LogP contribution in [-0.2, 0) is 0 Å². The second kappa shape index (κ2) is 8.57. The summed E-state index contributed by atoms with van der Waals surface area (Å²) in [5, 5.41) is 9.82. The van der Waals surface area contributed by atoms with Gasteiger partial charge in [0.05, 0.1) is 16.4 Å². The van der Waals surface area contributed by atoms with E-state index >= 15 is 0 Å². The van der Waals surface area contributed by atoms with Crippen molar-refractivity contribution >= 4 is 86.0 Å². The molecule has 0 bridgehead atoms. The summed E-state index contributed by atoms with van der Waals surface area (Å²) in [6, 6.07) is 50.4. The Morgan fingerprint density at radius 3 is 1.98 bits per heavy atom. The van der Waals surface area contributed by atoms with E-state index < -0.39 is 0 Å². The van der Waals surface area contributed by atoms with Gasteiger partial charge in [-0.05, 0) is 52.9 Å². The first kappa shape index (κ1) is 23.2. The first-order valence-corrected chi connectivity index (χ1v) is 15.4. The highest BCUT2D eigenvalue weighted by molar-refractivity contribution is 7.25. The summed E-state index contributed by atoms with van der Waals surface area (Å²) in [5.74, 6) is 0. The predicted octanol–water partition coefficient (Wildman–Crippen LogP) is 11.9. The van der Waals surface area contributed by atoms with Crippen LogP contribution in [-0.4, -0.2) is 4.57 Å². The van der Waals surface area contributed by atoms with Crippen molar-refractivity contribution in [2.45, 2.75) is 0 Å². The summed E-state index contributed by atoms with van der Waals surface area (Å²) in [6.45, 7) is 0. The van der Waals surface area contributed by atoms with Gasteiger partial charge in [-0.1, -0.05) is 103 Å². The fourth-order valence-corrected chi connectivity index (χ4v) is 8.24. The molecule has 10 aromatic rings. The van der Waals surface area contributed by atoms with E-state index in [0.29, 0.717) is 0 Å². The fourth-order valence-electron chi connectivity index (χ4n) is 7.10. The van der Waals surface area contributed by atoms with Crippen molar-refractivity contribution in [3.05, 3.63) is 140 Å². The Morgan fingerprint density at radius 2 is 1.12 bits per heavy atom. The summed E-state index contributed by atoms with van der Waals surface area (Å²) in [4.78, 5) is 0. The van der Waals surface area contributed by atoms with E-state index in [9.17, 15) is 0 Å². The molecule has 2 nitrogen and oxygen atoms in total. The third-order valence-corrected chi connectivity index (χ3v) is 10.1. The third-order valence-electron chi connectivity index (χ3n) is 8.99. The van der Waals surface area contributed by atoms with Crippen molar-refractivity contribution in [3.63, 3.8) is 0 Å². The Balaban J connectivity index is 1.23. The summed E-state index contributed by atoms with van der Waals surface area (Å²) >= 11 is 1.86. The molecule has 3 aromatic heterocycles. The topological polar surface area (TPSA) is 18.1 Å². The molecule has 0 saturated heterocycles. The van der Waals surface area contributed by atoms with E-state index in [2.05, 4.69) is 138 Å². The number of fused-ring (bicyclic) bond motifs is 13. The van der Waals surface area contributed by atoms with Gasteiger partial charge in [-0.15, -0.1) is 11.3 Å². The maximum Gasteiger partial charge on any atom is 0.146 e. The maximum absolute atomic E-state index is 6.65. The summed E-state index contributed by atoms with van der Waals surface area (Å²) in [6.07, 6.45) is 0. The predicted molar refractivity (Wildman–Crippen MR) is 184 cm³/mol. The molecule has 3 heterocycles. The summed E-state index contributed by atoms with van der Waals surface area (Å²) < 4.78 is 11.7. The number of furan rings is 1. The van der Waals surface area contributed by atoms with Crippen molar-refractivity contribution in [2.75, 3.05) is 0 Å². The lowest BCUT2D eigenvalue weighted by molar-refractivity contribution is 0.673. The maximum atomic E-state index is 6.65. The van der Waals surface area contributed by atoms with Gasteiger partial charge in [0.15, 0.2) is 0 Å². The molecule has 0 amide bonds. The van der Waals surface area contributed by atoms with Gasteiger partial charge in [0.25, 0.3) is 0 Å². The summed E-state index contributed by atoms with van der Waals surface area (Å²) in [5.41, 5.74) is 7.83. The molecule has 0 saturated carbocycles. The molecule has 7 aromatic carbocycles. The van der Waals surface area contributed by atoms with E-state index in [4.69, 9.17) is 4.42 Å². The number of para-hydroxylation sites is 2. The van der Waals surface area contributed by atoms with Gasteiger partial charge in [-0.3, -0.25) is 0 Å². The van der Waals surface area contributed by atoms with E-state index in [0.717, 1.165) is 22.2 Å². The highest BCUT2D eigenvalue weighted by Crippen LogP contribution is 2.45. The van der Waals surface area contributed by atoms with Gasteiger partial charge in [-0.25, -0.2) is 0 Å². The normalized spacial score (nSPS) is 12.2. The first-order valence-electron chi connectivity index (χ1n) is 14.6. The second-order valence-electron chi connectivity index (χ2n) is 11.3. The summed E-state index contributed by atoms with van der Waals surface area (Å²) in [7, 11) is 0. The number of nitrogens with zero attached hydrogens (tertiary/aromatic N) is 1. The van der Waals surface area contributed by atoms with E-state index in [1.54, 1.807) is 0 Å². The lowest BCUT2D eigenvalue weighted by Crippen LogP contribution is -1.94. The van der Waals surface area contributed by atoms with Gasteiger partial charge in [0, 0.05) is 47.4 Å². The number of benzene rings is 7. The van der Waals surface area contributed by atoms with Gasteiger partial charge < -0.3 is 8.98 Å². The lowest BCUT2D eigenvalue weighted by atomic mass is 9.99. The Hall–Kier alpha value is -5.38. The minimum atomic E-state index is 0.923. The third kappa shape index (κ3) is 3.17. The minimum Gasteiger partial charge on any atom is -0.455 e. The van der Waals surface area contributed by atoms with Crippen LogP contribution in [0.4, 0.5) is 0 Å². The highest BCUT2D eigenvalue weighted by Gasteiger charge is 2.22. The molecule has 0 radical (unpaired) electrons. The van der Waals surface area contributed by atoms with Gasteiger partial charge in [-0.2, -0.15) is 0 Å². The number of hydrogen-bond donors (Lipinski definition) is 0. The molecule has 0 unspecified atom stereocenters. The molecule has 0 atom stereocenters. The number of thiophene rings is 1. The molecule has 10 rings (SSSR count). The zero-order chi connectivity index (χ0) is 28.1. The van der Waals surface area contributed by atoms with E-state index in [1.807, 2.05) is 17.4 Å². The standard InChI is InChI=1S/C40H23NOS/c1-2-11-30-29(10-1)37-32-13-4-7-15-34(32)42-40(37)38-31-12-3-6-14-33(31)41(39(30)38)26-20-17-24(18-21-26)25-19-22-28-27-9-5-8-16-35(27)43-36(28)23-25/h1-23H. The van der Waals surface area contributed by atoms with Crippen LogP contribution in [0.5, 0.6) is 0 Å². The molecule has 0 fully saturated rings. The number of rotatable bonds is 2. The van der Waals surface area contributed by atoms with Crippen LogP contribution in [0.3, 0.4) is 0 Å². The average Bonchev–Trinajstić information content (AvgIpc) is 3.74. The van der Waals surface area contributed by atoms with Gasteiger partial charge in [0.1, 0.15) is 11.2 Å². The molecular weight excluding hydrogens is 543 g/mol. The molecule has 0 aliphatic rings. The number of hydrogen-bond acceptors (Lipinski definition) is 2. The largest absolute Gasteiger partial charge is 0.455 e. The zero-order valence-electron chi connectivity index (χ0n) is 23.0. The van der Waals surface area contributed by atoms with Crippen LogP contribution in [0.1, 0.15) is 0 Å². The smallest absolute Gasteiger partial charge is 0.146 e. The van der Waals surface area contributed by atoms with Crippen LogP contribution < -0.4 is 0 Å². The Kier molecular flexibility index (Phi) is 4.63. The molecule has 0 aliphatic carbocycles. The monoisotopic (exact) mass is 565 g/mol. The molecule has 3 heteroatoms. The molecule has 0 N–H and O–H groups in total. The van der Waals surface area contributed by atoms with Gasteiger partial charge >= 0.3 is 0 Å². The van der Waals surface area contributed by atoms with Crippen LogP contribution in [0.25, 0.3) is 91.5 Å². The van der Waals surface area contributed by atoms with Crippen molar-refractivity contribution < 1.29 is 4.42 Å². The van der Waals surface area contributed by atoms with Crippen LogP contribution in [0.2, 0.25) is 0 Å². The van der Waals surface area contributed by atoms with Gasteiger partial charge in [0.2, 0.25) is 0 Å². The molecule has 0 spiro atoms. The van der Waals surface area contributed by atoms with Crippen LogP contribution >= 0.6 is 11.3 Å². The number of aromatic nitrogens is 1. The molecule has 0 aliphatic heterocycles. The zero-order valence-corrected chi connectivity index (χ0v) is 23.9. The van der Waals surface area contributed by atoms with E-state index in [1.165, 1.54) is 69.3 Å². The average molecular weight is 566 g/mol. The fraction of sp³-hybridized carbons (Fsp3) is 0. The second-order valence-corrected chi connectivity index (χ2v) is 12.4. The molecular formula is C40H23NOS. The van der Waals surface area contributed by atoms with Crippen molar-refractivity contribution in [3.8, 4) is 16.8 Å². The SMILES string of the molecule is c1ccc2c(c1)oc1c2c2ccccc2c2c1c1ccccc1n2-c1ccc(-c2ccc3c(c2)sc2ccccc23)cc1. The minimum absolute atomic E-state index is 0.923. The Bertz CT molecular complexity index is 2720. The van der Waals surface area contributed by atoms with Crippen molar-refractivity contribution in [1.29, 1.82) is 0 Å². The quantitative estimate of drug-likeness (QED) is 0.204. The molecule has 200 valence electrons. The molecule has 43 heavy (non-hydrogen) atoms. The van der Waals surface area contributed by atoms with Crippen molar-refractivity contribution in [2.24, 2.45) is 0 Å². The lowest BCUT2D eigenvalue weighted by Gasteiger charge is -2.12. The highest BCUT2D eigenvalue weighted by atomic mass is 32.1. The van der Waals surface area contributed by atoms with E-state index in [-0.39, 0.29) is 0 Å². The van der Waals surface area contributed by atoms with Crippen molar-refractivity contribution in [1.82, 2.24) is 4.57 Å².